The van der Waals surface area contributed by atoms with E-state index in [4.69, 9.17) is 4.42 Å². The molecule has 2 heteroatoms. The summed E-state index contributed by atoms with van der Waals surface area (Å²) in [7, 11) is 0. The molecule has 0 aliphatic heterocycles. The van der Waals surface area contributed by atoms with Crippen molar-refractivity contribution >= 4 is 76.9 Å². The molecule has 0 saturated heterocycles. The van der Waals surface area contributed by atoms with Crippen molar-refractivity contribution in [1.82, 2.24) is 0 Å². The zero-order chi connectivity index (χ0) is 35.0. The summed E-state index contributed by atoms with van der Waals surface area (Å²) in [6.45, 7) is 2.02. The van der Waals surface area contributed by atoms with Gasteiger partial charge in [0.25, 0.3) is 0 Å². The number of aryl methyl sites for hydroxylation is 1. The van der Waals surface area contributed by atoms with E-state index in [1.807, 2.05) is 6.92 Å². The maximum absolute atomic E-state index is 6.25. The third kappa shape index (κ3) is 4.70. The summed E-state index contributed by atoms with van der Waals surface area (Å²) in [5.74, 6) is 1.84. The van der Waals surface area contributed by atoms with Crippen LogP contribution in [0.3, 0.4) is 0 Å². The van der Waals surface area contributed by atoms with Crippen LogP contribution in [0.4, 0.5) is 0 Å². The Bertz CT molecular complexity index is 3120. The van der Waals surface area contributed by atoms with Crippen molar-refractivity contribution < 1.29 is 4.42 Å². The fraction of sp³-hybridized carbons (Fsp3) is 0.0196. The normalized spacial score (nSPS) is 11.9. The van der Waals surface area contributed by atoms with Gasteiger partial charge in [-0.05, 0) is 0 Å². The molecule has 11 rings (SSSR count). The summed E-state index contributed by atoms with van der Waals surface area (Å²) in [6.07, 6.45) is 0. The summed E-state index contributed by atoms with van der Waals surface area (Å²) in [6, 6.07) is 64.9. The van der Waals surface area contributed by atoms with Gasteiger partial charge in [-0.2, -0.15) is 0 Å². The van der Waals surface area contributed by atoms with E-state index in [1.165, 1.54) is 95.8 Å². The fourth-order valence-electron chi connectivity index (χ4n) is 8.72. The number of hydrogen-bond donors (Lipinski definition) is 0. The molecule has 0 N–H and O–H groups in total. The Balaban J connectivity index is 1.13. The van der Waals surface area contributed by atoms with Crippen LogP contribution in [0.2, 0.25) is 0 Å². The van der Waals surface area contributed by atoms with E-state index < -0.39 is 0 Å². The van der Waals surface area contributed by atoms with Crippen molar-refractivity contribution in [1.29, 1.82) is 0 Å². The predicted octanol–water partition coefficient (Wildman–Crippen LogP) is 14.2. The molecule has 0 bridgehead atoms. The number of rotatable bonds is 4. The van der Waals surface area contributed by atoms with E-state index in [2.05, 4.69) is 176 Å². The monoisotopic (exact) mass is 740 g/mol. The van der Waals surface area contributed by atoms with Crippen LogP contribution in [-0.4, -0.2) is 14.5 Å². The molecule has 2 aromatic heterocycles. The average Bonchev–Trinajstić information content (AvgIpc) is 3.81. The van der Waals surface area contributed by atoms with Crippen molar-refractivity contribution in [2.24, 2.45) is 0 Å². The molecule has 0 spiro atoms. The van der Waals surface area contributed by atoms with E-state index in [9.17, 15) is 0 Å². The van der Waals surface area contributed by atoms with Crippen LogP contribution in [0, 0.1) is 6.92 Å². The first-order chi connectivity index (χ1) is 26.2. The van der Waals surface area contributed by atoms with E-state index in [0.717, 1.165) is 17.1 Å². The van der Waals surface area contributed by atoms with E-state index in [0.29, 0.717) is 0 Å². The van der Waals surface area contributed by atoms with Crippen LogP contribution in [0.5, 0.6) is 0 Å². The quantitative estimate of drug-likeness (QED) is 0.129. The molecule has 0 atom stereocenters. The van der Waals surface area contributed by atoms with Crippen molar-refractivity contribution in [3.63, 3.8) is 0 Å². The average molecular weight is 740 g/mol. The molecule has 9 aromatic carbocycles. The van der Waals surface area contributed by atoms with Crippen LogP contribution in [-0.2, 0) is 0 Å². The molecule has 0 fully saturated rings. The molecule has 1 nitrogen and oxygen atoms in total. The van der Waals surface area contributed by atoms with Gasteiger partial charge < -0.3 is 0 Å². The Labute approximate surface area is 313 Å². The standard InChI is InChI=1S/C51H32OSe/c1-31-23-27-45(52-31)51-42-21-11-9-19-40(42)50(41-20-10-12-22-43(41)51)34-24-26-35-44-29-33(25-28-46(44)53-47(35)30-34)49-38-17-7-5-15-36(38)48(32-13-3-2-4-14-32)37-16-6-8-18-39(37)49/h2-30H,1H3. The van der Waals surface area contributed by atoms with Crippen LogP contribution < -0.4 is 0 Å². The van der Waals surface area contributed by atoms with Gasteiger partial charge in [0.15, 0.2) is 0 Å². The Morgan fingerprint density at radius 2 is 0.774 bits per heavy atom. The van der Waals surface area contributed by atoms with Gasteiger partial charge in [0.05, 0.1) is 0 Å². The molecule has 2 heterocycles. The molecule has 0 radical (unpaired) electrons. The fourth-order valence-corrected chi connectivity index (χ4v) is 11.1. The van der Waals surface area contributed by atoms with Gasteiger partial charge in [0.1, 0.15) is 0 Å². The maximum atomic E-state index is 6.25. The summed E-state index contributed by atoms with van der Waals surface area (Å²) >= 11 is 0.206. The molecule has 53 heavy (non-hydrogen) atoms. The summed E-state index contributed by atoms with van der Waals surface area (Å²) in [5.41, 5.74) is 8.84. The van der Waals surface area contributed by atoms with Gasteiger partial charge in [-0.15, -0.1) is 0 Å². The first-order valence-electron chi connectivity index (χ1n) is 18.2. The Hall–Kier alpha value is -6.18. The van der Waals surface area contributed by atoms with Crippen LogP contribution in [0.1, 0.15) is 5.76 Å². The summed E-state index contributed by atoms with van der Waals surface area (Å²) in [4.78, 5) is 0. The number of hydrogen-bond acceptors (Lipinski definition) is 1. The minimum atomic E-state index is 0.206. The molecular formula is C51H32OSe. The SMILES string of the molecule is Cc1ccc(-c2c3ccccc3c(-c3ccc4c(c3)[se]c3ccc(-c5c6ccccc6c(-c6ccccc6)c6ccccc56)cc34)c3ccccc23)o1. The molecule has 0 aliphatic rings. The molecule has 0 saturated carbocycles. The molecular weight excluding hydrogens is 708 g/mol. The third-order valence-corrected chi connectivity index (χ3v) is 13.3. The Morgan fingerprint density at radius 3 is 1.28 bits per heavy atom. The molecule has 248 valence electrons. The van der Waals surface area contributed by atoms with Crippen LogP contribution >= 0.6 is 0 Å². The number of benzene rings is 9. The molecule has 0 aliphatic carbocycles. The van der Waals surface area contributed by atoms with Gasteiger partial charge in [0, 0.05) is 0 Å². The topological polar surface area (TPSA) is 13.1 Å². The van der Waals surface area contributed by atoms with E-state index >= 15 is 0 Å². The molecule has 0 unspecified atom stereocenters. The molecule has 0 amide bonds. The van der Waals surface area contributed by atoms with Gasteiger partial charge in [-0.3, -0.25) is 0 Å². The van der Waals surface area contributed by atoms with Gasteiger partial charge in [0.2, 0.25) is 0 Å². The van der Waals surface area contributed by atoms with Crippen molar-refractivity contribution in [3.8, 4) is 44.7 Å². The predicted molar refractivity (Wildman–Crippen MR) is 227 cm³/mol. The summed E-state index contributed by atoms with van der Waals surface area (Å²) in [5, 5.41) is 12.8. The van der Waals surface area contributed by atoms with Crippen molar-refractivity contribution in [2.45, 2.75) is 6.92 Å². The Kier molecular flexibility index (Phi) is 6.86. The summed E-state index contributed by atoms with van der Waals surface area (Å²) < 4.78 is 9.13. The van der Waals surface area contributed by atoms with Crippen molar-refractivity contribution in [3.05, 3.63) is 182 Å². The first-order valence-corrected chi connectivity index (χ1v) is 19.9. The zero-order valence-electron chi connectivity index (χ0n) is 29.1. The second-order valence-corrected chi connectivity index (χ2v) is 16.3. The van der Waals surface area contributed by atoms with Gasteiger partial charge >= 0.3 is 315 Å². The number of fused-ring (bicyclic) bond motifs is 7. The van der Waals surface area contributed by atoms with Crippen molar-refractivity contribution in [2.75, 3.05) is 0 Å². The van der Waals surface area contributed by atoms with Crippen LogP contribution in [0.25, 0.3) is 107 Å². The van der Waals surface area contributed by atoms with Crippen LogP contribution in [0.15, 0.2) is 180 Å². The minimum absolute atomic E-state index is 0.206. The Morgan fingerprint density at radius 1 is 0.321 bits per heavy atom. The van der Waals surface area contributed by atoms with E-state index in [-0.39, 0.29) is 14.5 Å². The number of furan rings is 1. The third-order valence-electron chi connectivity index (χ3n) is 11.0. The van der Waals surface area contributed by atoms with Gasteiger partial charge in [-0.1, -0.05) is 0 Å². The second-order valence-electron chi connectivity index (χ2n) is 14.0. The first kappa shape index (κ1) is 30.4. The van der Waals surface area contributed by atoms with E-state index in [1.54, 1.807) is 0 Å². The van der Waals surface area contributed by atoms with Gasteiger partial charge in [-0.25, -0.2) is 0 Å². The second kappa shape index (κ2) is 11.9. The molecule has 11 aromatic rings. The zero-order valence-corrected chi connectivity index (χ0v) is 30.8.